The fourth-order valence-corrected chi connectivity index (χ4v) is 24.3. The number of benzene rings is 1. The zero-order valence-corrected chi connectivity index (χ0v) is 59.1. The van der Waals surface area contributed by atoms with Crippen molar-refractivity contribution in [2.75, 3.05) is 20.8 Å². The minimum Gasteiger partial charge on any atom is -0.497 e. The van der Waals surface area contributed by atoms with Crippen LogP contribution < -0.4 is 4.74 Å². The molecule has 0 bridgehead atoms. The standard InChI is InChI=1S/C66H118O14Si3/c1-24-82(25-2,26-3)80-64(19)37-56(76-66(43-64)40-57(79-81(22,23)63(16,17)18)33-53(75-66)36-60(68)78-62(13,14)15)31-47(10)48(11)61(69)49(12)59(67)35-52-32-54(71-21)38-65(74-52)39-55(72-41-50-27-29-51(70-20)30-28-50)34-58(77-65)42-73-83(44(4)5,45(6)7)46(8)9/h27-30,44-46,48-49,52-58,61,69H,10,24-26,31-43H2,1-9,11-23H3/t48-,49-,52+,53-,54+,55+,56+,57+,58-,61+,64+,65-,66-/m1/s1. The molecule has 4 heterocycles. The fraction of sp³-hybridized carbons (Fsp3) is 0.848. The minimum atomic E-state index is -2.29. The summed E-state index contributed by atoms with van der Waals surface area (Å²) in [5.74, 6) is -3.05. The van der Waals surface area contributed by atoms with Crippen LogP contribution in [0, 0.1) is 11.8 Å². The number of ketones is 1. The molecule has 0 saturated carbocycles. The van der Waals surface area contributed by atoms with Gasteiger partial charge in [-0.15, -0.1) is 0 Å². The molecule has 4 aliphatic heterocycles. The van der Waals surface area contributed by atoms with E-state index in [1.165, 1.54) is 0 Å². The molecular formula is C66H118O14Si3. The van der Waals surface area contributed by atoms with Crippen molar-refractivity contribution in [3.63, 3.8) is 0 Å². The maximum Gasteiger partial charge on any atom is 0.308 e. The average molecular weight is 1220 g/mol. The van der Waals surface area contributed by atoms with Crippen molar-refractivity contribution in [1.29, 1.82) is 0 Å². The maximum atomic E-state index is 14.7. The normalized spacial score (nSPS) is 29.8. The van der Waals surface area contributed by atoms with Gasteiger partial charge in [-0.1, -0.05) is 121 Å². The third-order valence-electron chi connectivity index (χ3n) is 19.8. The Morgan fingerprint density at radius 1 is 0.699 bits per heavy atom. The number of aliphatic hydroxyl groups excluding tert-OH is 1. The monoisotopic (exact) mass is 1220 g/mol. The lowest BCUT2D eigenvalue weighted by Crippen LogP contribution is -2.62. The first-order valence-electron chi connectivity index (χ1n) is 32.0. The van der Waals surface area contributed by atoms with E-state index < -0.39 is 84.0 Å². The summed E-state index contributed by atoms with van der Waals surface area (Å²) in [4.78, 5) is 28.2. The van der Waals surface area contributed by atoms with Gasteiger partial charge in [0.05, 0.1) is 81.2 Å². The van der Waals surface area contributed by atoms with Crippen molar-refractivity contribution in [2.24, 2.45) is 11.8 Å². The molecule has 478 valence electrons. The molecule has 5 rings (SSSR count). The highest BCUT2D eigenvalue weighted by Gasteiger charge is 2.57. The van der Waals surface area contributed by atoms with E-state index in [4.69, 9.17) is 51.2 Å². The van der Waals surface area contributed by atoms with Crippen molar-refractivity contribution >= 4 is 36.7 Å². The summed E-state index contributed by atoms with van der Waals surface area (Å²) in [5, 5.41) is 12.2. The Kier molecular flexibility index (Phi) is 25.3. The van der Waals surface area contributed by atoms with Gasteiger partial charge >= 0.3 is 5.97 Å². The smallest absolute Gasteiger partial charge is 0.308 e. The lowest BCUT2D eigenvalue weighted by atomic mass is 9.78. The highest BCUT2D eigenvalue weighted by atomic mass is 28.4. The Labute approximate surface area is 506 Å². The zero-order valence-electron chi connectivity index (χ0n) is 56.1. The minimum absolute atomic E-state index is 0.0446. The number of aliphatic hydroxyl groups is 1. The Morgan fingerprint density at radius 2 is 1.22 bits per heavy atom. The molecule has 1 N–H and O–H groups in total. The van der Waals surface area contributed by atoms with Crippen molar-refractivity contribution < 1.29 is 65.9 Å². The van der Waals surface area contributed by atoms with Gasteiger partial charge in [-0.2, -0.15) is 0 Å². The van der Waals surface area contributed by atoms with E-state index in [0.717, 1.165) is 35.0 Å². The van der Waals surface area contributed by atoms with E-state index >= 15 is 0 Å². The van der Waals surface area contributed by atoms with Crippen LogP contribution in [-0.2, 0) is 62.6 Å². The number of carbonyl (C=O) groups is 2. The van der Waals surface area contributed by atoms with Gasteiger partial charge in [0.1, 0.15) is 17.1 Å². The zero-order chi connectivity index (χ0) is 62.3. The summed E-state index contributed by atoms with van der Waals surface area (Å²) in [6, 6.07) is 10.9. The lowest BCUT2D eigenvalue weighted by molar-refractivity contribution is -0.346. The van der Waals surface area contributed by atoms with Gasteiger partial charge in [-0.3, -0.25) is 9.59 Å². The number of esters is 1. The summed E-state index contributed by atoms with van der Waals surface area (Å²) in [5.41, 5.74) is 1.74. The highest BCUT2D eigenvalue weighted by molar-refractivity contribution is 6.77. The SMILES string of the molecule is C=C(C[C@H]1C[C@](C)(O[Si](CC)(CC)CC)C[C@@]2(C[C@@H](O[Si](C)(C)C(C)(C)C)C[C@H](CC(=O)OC(C)(C)C)O2)O1)[C@@H](C)[C@H](O)[C@H](C)C(=O)C[C@@H]1C[C@H](OC)C[C@@]2(C[C@@H](OCc3ccc(OC)cc3)C[C@H](CO[Si](C(C)C)(C(C)C)C(C)C)O2)O1. The summed E-state index contributed by atoms with van der Waals surface area (Å²) >= 11 is 0. The Balaban J connectivity index is 1.37. The number of methoxy groups -OCH3 is 2. The first-order chi connectivity index (χ1) is 38.4. The Hall–Kier alpha value is -1.85. The molecule has 83 heavy (non-hydrogen) atoms. The van der Waals surface area contributed by atoms with Crippen LogP contribution in [-0.4, -0.2) is 134 Å². The molecule has 2 spiro atoms. The van der Waals surface area contributed by atoms with E-state index in [1.807, 2.05) is 58.9 Å². The Bertz CT molecular complexity index is 2190. The van der Waals surface area contributed by atoms with Gasteiger partial charge in [-0.05, 0) is 111 Å². The molecule has 0 aromatic heterocycles. The number of Topliss-reactive ketones (excluding diaryl/α,β-unsaturated/α-hetero) is 1. The highest BCUT2D eigenvalue weighted by Crippen LogP contribution is 2.51. The third kappa shape index (κ3) is 18.8. The van der Waals surface area contributed by atoms with Gasteiger partial charge in [-0.25, -0.2) is 0 Å². The molecule has 0 unspecified atom stereocenters. The quantitative estimate of drug-likeness (QED) is 0.0480. The van der Waals surface area contributed by atoms with Crippen LogP contribution in [0.25, 0.3) is 0 Å². The molecule has 0 amide bonds. The number of hydrogen-bond donors (Lipinski definition) is 1. The topological polar surface area (TPSA) is 156 Å². The molecule has 1 aromatic rings. The average Bonchev–Trinajstić information content (AvgIpc) is 3.53. The van der Waals surface area contributed by atoms with E-state index in [0.29, 0.717) is 87.6 Å². The fourth-order valence-electron chi connectivity index (χ4n) is 14.3. The lowest BCUT2D eigenvalue weighted by Gasteiger charge is -2.56. The van der Waals surface area contributed by atoms with Crippen LogP contribution in [0.15, 0.2) is 36.4 Å². The van der Waals surface area contributed by atoms with E-state index in [1.54, 1.807) is 14.2 Å². The molecule has 13 atom stereocenters. The molecule has 4 aliphatic rings. The van der Waals surface area contributed by atoms with Gasteiger partial charge in [0.2, 0.25) is 0 Å². The van der Waals surface area contributed by atoms with Crippen LogP contribution in [0.2, 0.25) is 52.9 Å². The molecule has 0 aliphatic carbocycles. The van der Waals surface area contributed by atoms with Crippen molar-refractivity contribution in [2.45, 2.75) is 326 Å². The van der Waals surface area contributed by atoms with Crippen molar-refractivity contribution in [1.82, 2.24) is 0 Å². The molecule has 14 nitrogen and oxygen atoms in total. The summed E-state index contributed by atoms with van der Waals surface area (Å²) in [6.07, 6.45) is 1.28. The largest absolute Gasteiger partial charge is 0.497 e. The molecule has 0 radical (unpaired) electrons. The van der Waals surface area contributed by atoms with E-state index in [9.17, 15) is 14.7 Å². The van der Waals surface area contributed by atoms with Gasteiger partial charge < -0.3 is 56.3 Å². The van der Waals surface area contributed by atoms with E-state index in [-0.39, 0.29) is 54.0 Å². The van der Waals surface area contributed by atoms with Crippen LogP contribution in [0.1, 0.15) is 201 Å². The van der Waals surface area contributed by atoms with Crippen molar-refractivity contribution in [3.8, 4) is 5.75 Å². The second-order valence-corrected chi connectivity index (χ2v) is 44.3. The number of ether oxygens (including phenoxy) is 8. The first kappa shape index (κ1) is 71.9. The third-order valence-corrected chi connectivity index (χ3v) is 35.2. The molecule has 4 saturated heterocycles. The summed E-state index contributed by atoms with van der Waals surface area (Å²) in [7, 11) is -3.34. The molecule has 17 heteroatoms. The van der Waals surface area contributed by atoms with Crippen molar-refractivity contribution in [3.05, 3.63) is 42.0 Å². The van der Waals surface area contributed by atoms with E-state index in [2.05, 4.69) is 110 Å². The Morgan fingerprint density at radius 3 is 1.76 bits per heavy atom. The predicted octanol–water partition coefficient (Wildman–Crippen LogP) is 15.3. The predicted molar refractivity (Wildman–Crippen MR) is 338 cm³/mol. The van der Waals surface area contributed by atoms with Gasteiger partial charge in [0.15, 0.2) is 36.5 Å². The summed E-state index contributed by atoms with van der Waals surface area (Å²) < 4.78 is 74.7. The van der Waals surface area contributed by atoms with Crippen LogP contribution in [0.3, 0.4) is 0 Å². The van der Waals surface area contributed by atoms with Crippen LogP contribution in [0.4, 0.5) is 0 Å². The van der Waals surface area contributed by atoms with Gasteiger partial charge in [0.25, 0.3) is 0 Å². The van der Waals surface area contributed by atoms with Crippen LogP contribution >= 0.6 is 0 Å². The molecular weight excluding hydrogens is 1100 g/mol. The maximum absolute atomic E-state index is 14.7. The molecule has 4 fully saturated rings. The van der Waals surface area contributed by atoms with Crippen LogP contribution in [0.5, 0.6) is 5.75 Å². The number of carbonyl (C=O) groups excluding carboxylic acids is 2. The second kappa shape index (κ2) is 29.2. The summed E-state index contributed by atoms with van der Waals surface area (Å²) in [6.45, 7) is 48.9. The second-order valence-electron chi connectivity index (χ2n) is 29.4. The van der Waals surface area contributed by atoms with Gasteiger partial charge in [0, 0.05) is 70.3 Å². The number of hydrogen-bond acceptors (Lipinski definition) is 14. The number of rotatable bonds is 28. The first-order valence-corrected chi connectivity index (χ1v) is 39.6. The molecule has 1 aromatic carbocycles.